The Balaban J connectivity index is 1.72. The number of hydrogen-bond donors (Lipinski definition) is 0. The van der Waals surface area contributed by atoms with Gasteiger partial charge in [0.2, 0.25) is 0 Å². The van der Waals surface area contributed by atoms with Crippen molar-refractivity contribution >= 4 is 17.5 Å². The van der Waals surface area contributed by atoms with E-state index in [4.69, 9.17) is 9.73 Å². The van der Waals surface area contributed by atoms with Gasteiger partial charge in [-0.3, -0.25) is 4.99 Å². The van der Waals surface area contributed by atoms with Crippen molar-refractivity contribution in [3.8, 4) is 0 Å². The Morgan fingerprint density at radius 3 is 1.50 bits per heavy atom. The second-order valence-electron chi connectivity index (χ2n) is 8.60. The predicted octanol–water partition coefficient (Wildman–Crippen LogP) is 6.59. The maximum atomic E-state index is 13.7. The third kappa shape index (κ3) is 6.63. The van der Waals surface area contributed by atoms with Crippen LogP contribution >= 0.6 is 0 Å². The lowest BCUT2D eigenvalue weighted by Crippen LogP contribution is -2.26. The fraction of sp³-hybridized carbons (Fsp3) is 0.156. The highest BCUT2D eigenvalue weighted by molar-refractivity contribution is 6.13. The number of ether oxygens (including phenoxy) is 1. The molecular weight excluding hydrogens is 446 g/mol. The van der Waals surface area contributed by atoms with Crippen molar-refractivity contribution in [3.63, 3.8) is 0 Å². The third-order valence-electron chi connectivity index (χ3n) is 5.86. The van der Waals surface area contributed by atoms with Crippen LogP contribution in [-0.2, 0) is 14.3 Å². The van der Waals surface area contributed by atoms with Crippen LogP contribution in [0, 0.1) is 0 Å². The summed E-state index contributed by atoms with van der Waals surface area (Å²) in [6.07, 6.45) is -0.0680. The number of carbonyl (C=O) groups is 2. The van der Waals surface area contributed by atoms with E-state index in [0.29, 0.717) is 5.71 Å². The van der Waals surface area contributed by atoms with Crippen molar-refractivity contribution in [2.45, 2.75) is 31.9 Å². The molecule has 0 spiro atoms. The van der Waals surface area contributed by atoms with E-state index in [2.05, 4.69) is 0 Å². The van der Waals surface area contributed by atoms with Gasteiger partial charge in [-0.25, -0.2) is 4.79 Å². The summed E-state index contributed by atoms with van der Waals surface area (Å²) < 4.78 is 6.13. The van der Waals surface area contributed by atoms with Crippen LogP contribution in [0.2, 0.25) is 0 Å². The van der Waals surface area contributed by atoms with Gasteiger partial charge < -0.3 is 9.53 Å². The first kappa shape index (κ1) is 24.8. The molecule has 0 saturated heterocycles. The van der Waals surface area contributed by atoms with Crippen LogP contribution in [0.3, 0.4) is 0 Å². The molecule has 4 nitrogen and oxygen atoms in total. The van der Waals surface area contributed by atoms with E-state index in [1.807, 2.05) is 121 Å². The summed E-state index contributed by atoms with van der Waals surface area (Å²) in [4.78, 5) is 30.5. The standard InChI is InChI=1S/C32H29NO3/c1-24(34)22-23-29(33-30(25-14-6-2-7-15-25)26-16-8-3-9-17-26)32(35)36-31(27-18-10-4-11-19-27)28-20-12-5-13-21-28/h2-21,29,31H,22-23H2,1H3. The zero-order valence-electron chi connectivity index (χ0n) is 20.3. The zero-order chi connectivity index (χ0) is 25.2. The van der Waals surface area contributed by atoms with Gasteiger partial charge in [-0.1, -0.05) is 121 Å². The van der Waals surface area contributed by atoms with Crippen LogP contribution in [0.5, 0.6) is 0 Å². The molecule has 4 heteroatoms. The second-order valence-corrected chi connectivity index (χ2v) is 8.60. The number of hydrogen-bond acceptors (Lipinski definition) is 4. The van der Waals surface area contributed by atoms with Crippen molar-refractivity contribution in [3.05, 3.63) is 144 Å². The molecule has 0 N–H and O–H groups in total. The van der Waals surface area contributed by atoms with E-state index in [9.17, 15) is 9.59 Å². The van der Waals surface area contributed by atoms with E-state index in [1.54, 1.807) is 0 Å². The van der Waals surface area contributed by atoms with Gasteiger partial charge in [0.05, 0.1) is 5.71 Å². The van der Waals surface area contributed by atoms with E-state index >= 15 is 0 Å². The molecule has 4 aromatic rings. The average Bonchev–Trinajstić information content (AvgIpc) is 2.93. The second kappa shape index (κ2) is 12.4. The molecule has 0 heterocycles. The molecule has 0 aliphatic carbocycles. The topological polar surface area (TPSA) is 55.7 Å². The summed E-state index contributed by atoms with van der Waals surface area (Å²) in [5.74, 6) is -0.454. The van der Waals surface area contributed by atoms with Crippen molar-refractivity contribution in [2.24, 2.45) is 4.99 Å². The van der Waals surface area contributed by atoms with Crippen molar-refractivity contribution in [2.75, 3.05) is 0 Å². The molecule has 4 rings (SSSR count). The van der Waals surface area contributed by atoms with Gasteiger partial charge in [0.25, 0.3) is 0 Å². The van der Waals surface area contributed by atoms with Crippen molar-refractivity contribution < 1.29 is 14.3 Å². The molecular formula is C32H29NO3. The summed E-state index contributed by atoms with van der Waals surface area (Å²) in [6.45, 7) is 1.53. The van der Waals surface area contributed by atoms with Crippen LogP contribution in [0.15, 0.2) is 126 Å². The Morgan fingerprint density at radius 1 is 0.667 bits per heavy atom. The van der Waals surface area contributed by atoms with E-state index in [-0.39, 0.29) is 18.6 Å². The van der Waals surface area contributed by atoms with Gasteiger partial charge in [-0.2, -0.15) is 0 Å². The Morgan fingerprint density at radius 2 is 1.08 bits per heavy atom. The fourth-order valence-electron chi connectivity index (χ4n) is 4.02. The summed E-state index contributed by atoms with van der Waals surface area (Å²) in [6, 6.07) is 38.0. The number of ketones is 1. The van der Waals surface area contributed by atoms with Crippen molar-refractivity contribution in [1.82, 2.24) is 0 Å². The molecule has 36 heavy (non-hydrogen) atoms. The lowest BCUT2D eigenvalue weighted by Gasteiger charge is -2.22. The van der Waals surface area contributed by atoms with Gasteiger partial charge in [-0.05, 0) is 24.5 Å². The van der Waals surface area contributed by atoms with Gasteiger partial charge in [0.1, 0.15) is 11.8 Å². The minimum atomic E-state index is -0.834. The molecule has 0 bridgehead atoms. The highest BCUT2D eigenvalue weighted by atomic mass is 16.5. The summed E-state index contributed by atoms with van der Waals surface area (Å²) in [7, 11) is 0. The molecule has 0 radical (unpaired) electrons. The van der Waals surface area contributed by atoms with Crippen LogP contribution in [0.1, 0.15) is 48.1 Å². The van der Waals surface area contributed by atoms with E-state index in [1.165, 1.54) is 6.92 Å². The van der Waals surface area contributed by atoms with Crippen molar-refractivity contribution in [1.29, 1.82) is 0 Å². The number of Topliss-reactive ketones (excluding diaryl/α,β-unsaturated/α-hetero) is 1. The van der Waals surface area contributed by atoms with Gasteiger partial charge in [-0.15, -0.1) is 0 Å². The Labute approximate surface area is 212 Å². The van der Waals surface area contributed by atoms with Crippen LogP contribution in [0.4, 0.5) is 0 Å². The highest BCUT2D eigenvalue weighted by Gasteiger charge is 2.26. The summed E-state index contributed by atoms with van der Waals surface area (Å²) in [5.41, 5.74) is 4.23. The third-order valence-corrected chi connectivity index (χ3v) is 5.86. The lowest BCUT2D eigenvalue weighted by atomic mass is 10.0. The molecule has 0 fully saturated rings. The molecule has 0 aromatic heterocycles. The summed E-state index contributed by atoms with van der Waals surface area (Å²) in [5, 5.41) is 0. The monoisotopic (exact) mass is 475 g/mol. The molecule has 1 atom stereocenters. The largest absolute Gasteiger partial charge is 0.451 e. The number of benzene rings is 4. The quantitative estimate of drug-likeness (QED) is 0.192. The average molecular weight is 476 g/mol. The highest BCUT2D eigenvalue weighted by Crippen LogP contribution is 2.27. The predicted molar refractivity (Wildman–Crippen MR) is 143 cm³/mol. The smallest absolute Gasteiger partial charge is 0.331 e. The zero-order valence-corrected chi connectivity index (χ0v) is 20.3. The molecule has 0 saturated carbocycles. The SMILES string of the molecule is CC(=O)CCC(N=C(c1ccccc1)c1ccccc1)C(=O)OC(c1ccccc1)c1ccccc1. The molecule has 1 unspecified atom stereocenters. The molecule has 0 aliphatic heterocycles. The minimum Gasteiger partial charge on any atom is -0.451 e. The summed E-state index contributed by atoms with van der Waals surface area (Å²) >= 11 is 0. The maximum absolute atomic E-state index is 13.7. The Bertz CT molecular complexity index is 1210. The first-order valence-corrected chi connectivity index (χ1v) is 12.1. The lowest BCUT2D eigenvalue weighted by molar-refractivity contribution is -0.149. The normalized spacial score (nSPS) is 11.5. The molecule has 4 aromatic carbocycles. The maximum Gasteiger partial charge on any atom is 0.331 e. The first-order chi connectivity index (χ1) is 17.6. The number of aliphatic imine (C=N–C) groups is 1. The number of esters is 1. The minimum absolute atomic E-state index is 0.00615. The van der Waals surface area contributed by atoms with Crippen LogP contribution in [-0.4, -0.2) is 23.5 Å². The van der Waals surface area contributed by atoms with Gasteiger partial charge in [0, 0.05) is 17.5 Å². The number of carbonyl (C=O) groups excluding carboxylic acids is 2. The number of rotatable bonds is 10. The number of nitrogens with zero attached hydrogens (tertiary/aromatic N) is 1. The Kier molecular flexibility index (Phi) is 8.55. The van der Waals surface area contributed by atoms with Gasteiger partial charge in [0.15, 0.2) is 6.10 Å². The molecule has 180 valence electrons. The molecule has 0 aliphatic rings. The van der Waals surface area contributed by atoms with Gasteiger partial charge >= 0.3 is 5.97 Å². The Hall–Kier alpha value is -4.31. The van der Waals surface area contributed by atoms with E-state index in [0.717, 1.165) is 22.3 Å². The van der Waals surface area contributed by atoms with Crippen LogP contribution < -0.4 is 0 Å². The van der Waals surface area contributed by atoms with E-state index < -0.39 is 18.1 Å². The molecule has 0 amide bonds. The van der Waals surface area contributed by atoms with Crippen LogP contribution in [0.25, 0.3) is 0 Å². The fourth-order valence-corrected chi connectivity index (χ4v) is 4.02. The first-order valence-electron chi connectivity index (χ1n) is 12.1.